The Hall–Kier alpha value is -0.910. The van der Waals surface area contributed by atoms with E-state index >= 15 is 0 Å². The highest BCUT2D eigenvalue weighted by molar-refractivity contribution is 7.17. The lowest BCUT2D eigenvalue weighted by atomic mass is 10.1. The summed E-state index contributed by atoms with van der Waals surface area (Å²) in [7, 11) is 0. The average Bonchev–Trinajstić information content (AvgIpc) is 2.92. The van der Waals surface area contributed by atoms with E-state index in [1.165, 1.54) is 36.5 Å². The summed E-state index contributed by atoms with van der Waals surface area (Å²) in [5.74, 6) is 0. The van der Waals surface area contributed by atoms with Crippen molar-refractivity contribution in [2.75, 3.05) is 19.6 Å². The monoisotopic (exact) mass is 292 g/mol. The van der Waals surface area contributed by atoms with Gasteiger partial charge in [-0.1, -0.05) is 6.92 Å². The molecule has 4 nitrogen and oxygen atoms in total. The van der Waals surface area contributed by atoms with Gasteiger partial charge in [-0.05, 0) is 39.8 Å². The summed E-state index contributed by atoms with van der Waals surface area (Å²) in [6.07, 6.45) is 4.81. The van der Waals surface area contributed by atoms with Gasteiger partial charge in [0.2, 0.25) is 0 Å². The van der Waals surface area contributed by atoms with Crippen molar-refractivity contribution in [1.29, 1.82) is 0 Å². The van der Waals surface area contributed by atoms with Gasteiger partial charge in [0.05, 0.1) is 11.4 Å². The number of fused-ring (bicyclic) bond motifs is 1. The van der Waals surface area contributed by atoms with Crippen LogP contribution in [0.25, 0.3) is 4.96 Å². The molecule has 2 aromatic heterocycles. The second-order valence-corrected chi connectivity index (χ2v) is 6.96. The first-order valence-electron chi connectivity index (χ1n) is 7.57. The Morgan fingerprint density at radius 2 is 2.30 bits per heavy atom. The van der Waals surface area contributed by atoms with Gasteiger partial charge in [0.25, 0.3) is 0 Å². The molecule has 5 heteroatoms. The van der Waals surface area contributed by atoms with E-state index in [0.717, 1.165) is 23.7 Å². The van der Waals surface area contributed by atoms with Crippen LogP contribution in [0.2, 0.25) is 0 Å². The lowest BCUT2D eigenvalue weighted by Gasteiger charge is -2.32. The number of piperidine rings is 1. The molecule has 1 saturated heterocycles. The predicted molar refractivity (Wildman–Crippen MR) is 84.5 cm³/mol. The number of likely N-dealkylation sites (tertiary alicyclic amines) is 1. The Labute approximate surface area is 124 Å². The van der Waals surface area contributed by atoms with E-state index in [4.69, 9.17) is 0 Å². The third kappa shape index (κ3) is 2.75. The molecule has 0 saturated carbocycles. The van der Waals surface area contributed by atoms with Crippen LogP contribution in [0.3, 0.4) is 0 Å². The van der Waals surface area contributed by atoms with Crippen LogP contribution in [0.15, 0.2) is 6.20 Å². The average molecular weight is 292 g/mol. The molecule has 2 aromatic rings. The van der Waals surface area contributed by atoms with Crippen molar-refractivity contribution in [3.63, 3.8) is 0 Å². The van der Waals surface area contributed by atoms with Crippen LogP contribution < -0.4 is 5.32 Å². The van der Waals surface area contributed by atoms with Crippen molar-refractivity contribution >= 4 is 16.3 Å². The van der Waals surface area contributed by atoms with Crippen LogP contribution in [0, 0.1) is 13.8 Å². The van der Waals surface area contributed by atoms with E-state index < -0.39 is 0 Å². The first-order valence-corrected chi connectivity index (χ1v) is 8.38. The number of rotatable bonds is 4. The SMILES string of the molecule is CCN1CCCC(NCc2c(C)nc3sc(C)cn23)C1. The van der Waals surface area contributed by atoms with E-state index in [-0.39, 0.29) is 0 Å². The van der Waals surface area contributed by atoms with Gasteiger partial charge >= 0.3 is 0 Å². The lowest BCUT2D eigenvalue weighted by molar-refractivity contribution is 0.198. The number of nitrogens with zero attached hydrogens (tertiary/aromatic N) is 3. The fraction of sp³-hybridized carbons (Fsp3) is 0.667. The van der Waals surface area contributed by atoms with Crippen molar-refractivity contribution in [3.8, 4) is 0 Å². The second-order valence-electron chi connectivity index (χ2n) is 5.75. The minimum atomic E-state index is 0.619. The summed E-state index contributed by atoms with van der Waals surface area (Å²) in [4.78, 5) is 9.64. The van der Waals surface area contributed by atoms with Crippen molar-refractivity contribution in [3.05, 3.63) is 22.5 Å². The van der Waals surface area contributed by atoms with Crippen molar-refractivity contribution in [2.24, 2.45) is 0 Å². The van der Waals surface area contributed by atoms with Gasteiger partial charge in [-0.2, -0.15) is 0 Å². The molecular formula is C15H24N4S. The predicted octanol–water partition coefficient (Wildman–Crippen LogP) is 2.59. The molecule has 0 aromatic carbocycles. The highest BCUT2D eigenvalue weighted by Crippen LogP contribution is 2.21. The van der Waals surface area contributed by atoms with E-state index in [1.54, 1.807) is 11.3 Å². The van der Waals surface area contributed by atoms with E-state index in [9.17, 15) is 0 Å². The molecular weight excluding hydrogens is 268 g/mol. The quantitative estimate of drug-likeness (QED) is 0.940. The molecule has 1 unspecified atom stereocenters. The number of likely N-dealkylation sites (N-methyl/N-ethyl adjacent to an activating group) is 1. The Kier molecular flexibility index (Phi) is 4.10. The molecule has 0 bridgehead atoms. The zero-order valence-electron chi connectivity index (χ0n) is 12.6. The molecule has 0 amide bonds. The van der Waals surface area contributed by atoms with Crippen LogP contribution in [0.1, 0.15) is 36.0 Å². The summed E-state index contributed by atoms with van der Waals surface area (Å²) in [5, 5.41) is 3.73. The molecule has 1 N–H and O–H groups in total. The topological polar surface area (TPSA) is 32.6 Å². The van der Waals surface area contributed by atoms with Crippen LogP contribution in [-0.4, -0.2) is 40.0 Å². The molecule has 0 aliphatic carbocycles. The Balaban J connectivity index is 1.68. The molecule has 1 atom stereocenters. The molecule has 1 aliphatic heterocycles. The number of thiazole rings is 1. The van der Waals surface area contributed by atoms with Gasteiger partial charge in [0.1, 0.15) is 0 Å². The van der Waals surface area contributed by atoms with E-state index in [2.05, 4.69) is 46.6 Å². The molecule has 1 fully saturated rings. The third-order valence-corrected chi connectivity index (χ3v) is 5.15. The largest absolute Gasteiger partial charge is 0.307 e. The molecule has 1 aliphatic rings. The van der Waals surface area contributed by atoms with Gasteiger partial charge in [-0.25, -0.2) is 4.98 Å². The van der Waals surface area contributed by atoms with Crippen LogP contribution >= 0.6 is 11.3 Å². The summed E-state index contributed by atoms with van der Waals surface area (Å²) >= 11 is 1.77. The summed E-state index contributed by atoms with van der Waals surface area (Å²) in [5.41, 5.74) is 2.48. The normalized spacial score (nSPS) is 20.9. The lowest BCUT2D eigenvalue weighted by Crippen LogP contribution is -2.45. The minimum Gasteiger partial charge on any atom is -0.307 e. The molecule has 110 valence electrons. The Bertz CT molecular complexity index is 586. The van der Waals surface area contributed by atoms with E-state index in [0.29, 0.717) is 6.04 Å². The fourth-order valence-electron chi connectivity index (χ4n) is 3.07. The Morgan fingerprint density at radius 1 is 1.45 bits per heavy atom. The summed E-state index contributed by atoms with van der Waals surface area (Å²) in [6.45, 7) is 11.0. The minimum absolute atomic E-state index is 0.619. The van der Waals surface area contributed by atoms with Crippen molar-refractivity contribution in [2.45, 2.75) is 46.2 Å². The maximum atomic E-state index is 4.66. The third-order valence-electron chi connectivity index (χ3n) is 4.25. The van der Waals surface area contributed by atoms with Crippen LogP contribution in [-0.2, 0) is 6.54 Å². The maximum Gasteiger partial charge on any atom is 0.194 e. The van der Waals surface area contributed by atoms with Crippen LogP contribution in [0.4, 0.5) is 0 Å². The number of aromatic nitrogens is 2. The highest BCUT2D eigenvalue weighted by atomic mass is 32.1. The first kappa shape index (κ1) is 14.0. The summed E-state index contributed by atoms with van der Waals surface area (Å²) < 4.78 is 2.25. The number of hydrogen-bond acceptors (Lipinski definition) is 4. The van der Waals surface area contributed by atoms with Gasteiger partial charge < -0.3 is 10.2 Å². The number of imidazole rings is 1. The fourth-order valence-corrected chi connectivity index (χ4v) is 3.96. The number of nitrogens with one attached hydrogen (secondary N) is 1. The van der Waals surface area contributed by atoms with Gasteiger partial charge in [-0.15, -0.1) is 11.3 Å². The zero-order chi connectivity index (χ0) is 14.1. The van der Waals surface area contributed by atoms with Gasteiger partial charge in [0.15, 0.2) is 4.96 Å². The number of aryl methyl sites for hydroxylation is 2. The number of hydrogen-bond donors (Lipinski definition) is 1. The highest BCUT2D eigenvalue weighted by Gasteiger charge is 2.19. The maximum absolute atomic E-state index is 4.66. The van der Waals surface area contributed by atoms with Gasteiger partial charge in [-0.3, -0.25) is 4.40 Å². The van der Waals surface area contributed by atoms with Crippen LogP contribution in [0.5, 0.6) is 0 Å². The molecule has 0 radical (unpaired) electrons. The smallest absolute Gasteiger partial charge is 0.194 e. The van der Waals surface area contributed by atoms with Gasteiger partial charge in [0, 0.05) is 30.2 Å². The Morgan fingerprint density at radius 3 is 3.10 bits per heavy atom. The summed E-state index contributed by atoms with van der Waals surface area (Å²) in [6, 6.07) is 0.619. The first-order chi connectivity index (χ1) is 9.67. The molecule has 3 rings (SSSR count). The molecule has 0 spiro atoms. The van der Waals surface area contributed by atoms with Crippen molar-refractivity contribution < 1.29 is 0 Å². The second kappa shape index (κ2) is 5.84. The van der Waals surface area contributed by atoms with Crippen molar-refractivity contribution in [1.82, 2.24) is 19.6 Å². The zero-order valence-corrected chi connectivity index (χ0v) is 13.5. The standard InChI is InChI=1S/C15H24N4S/c1-4-18-7-5-6-13(10-18)16-8-14-12(3)17-15-19(14)9-11(2)20-15/h9,13,16H,4-8,10H2,1-3H3. The molecule has 20 heavy (non-hydrogen) atoms. The van der Waals surface area contributed by atoms with E-state index in [1.807, 2.05) is 0 Å². The molecule has 3 heterocycles.